The van der Waals surface area contributed by atoms with E-state index in [0.29, 0.717) is 10.8 Å². The molecule has 2 aromatic rings. The summed E-state index contributed by atoms with van der Waals surface area (Å²) in [6, 6.07) is 5.90. The van der Waals surface area contributed by atoms with E-state index < -0.39 is 29.7 Å². The zero-order valence-corrected chi connectivity index (χ0v) is 16.2. The van der Waals surface area contributed by atoms with Crippen LogP contribution in [0.5, 0.6) is 0 Å². The molecule has 1 heterocycles. The van der Waals surface area contributed by atoms with Crippen molar-refractivity contribution >= 4 is 28.9 Å². The van der Waals surface area contributed by atoms with E-state index >= 15 is 0 Å². The van der Waals surface area contributed by atoms with Gasteiger partial charge in [0.1, 0.15) is 4.88 Å². The number of hydrogen-bond acceptors (Lipinski definition) is 4. The molecule has 3 rings (SSSR count). The smallest absolute Gasteiger partial charge is 0.416 e. The number of alkyl halides is 3. The number of fused-ring (bicyclic) bond motifs is 1. The maximum absolute atomic E-state index is 12.6. The second-order valence-electron chi connectivity index (χ2n) is 7.02. The highest BCUT2D eigenvalue weighted by molar-refractivity contribution is 7.14. The van der Waals surface area contributed by atoms with Gasteiger partial charge in [0.15, 0.2) is 6.10 Å². The van der Waals surface area contributed by atoms with E-state index in [0.717, 1.165) is 49.1 Å². The minimum atomic E-state index is -4.44. The lowest BCUT2D eigenvalue weighted by atomic mass is 9.90. The van der Waals surface area contributed by atoms with Crippen LogP contribution in [0.25, 0.3) is 0 Å². The molecule has 1 aliphatic carbocycles. The number of esters is 1. The molecule has 0 spiro atoms. The van der Waals surface area contributed by atoms with Crippen LogP contribution in [0.4, 0.5) is 18.9 Å². The van der Waals surface area contributed by atoms with Crippen molar-refractivity contribution < 1.29 is 27.5 Å². The number of anilines is 1. The molecule has 4 nitrogen and oxygen atoms in total. The molecule has 8 heteroatoms. The summed E-state index contributed by atoms with van der Waals surface area (Å²) >= 11 is 1.39. The van der Waals surface area contributed by atoms with Gasteiger partial charge in [0.2, 0.25) is 0 Å². The lowest BCUT2D eigenvalue weighted by molar-refractivity contribution is -0.137. The van der Waals surface area contributed by atoms with Crippen molar-refractivity contribution in [1.29, 1.82) is 0 Å². The van der Waals surface area contributed by atoms with E-state index in [4.69, 9.17) is 4.74 Å². The molecular weight excluding hydrogens is 391 g/mol. The van der Waals surface area contributed by atoms with Gasteiger partial charge in [0.05, 0.1) is 5.56 Å². The Morgan fingerprint density at radius 2 is 1.93 bits per heavy atom. The molecule has 0 bridgehead atoms. The number of hydrogen-bond donors (Lipinski definition) is 1. The van der Waals surface area contributed by atoms with E-state index in [1.165, 1.54) is 23.1 Å². The summed E-state index contributed by atoms with van der Waals surface area (Å²) in [6.45, 7) is 3.60. The van der Waals surface area contributed by atoms with Gasteiger partial charge < -0.3 is 10.1 Å². The first-order valence-corrected chi connectivity index (χ1v) is 9.76. The van der Waals surface area contributed by atoms with Crippen molar-refractivity contribution in [2.45, 2.75) is 45.4 Å². The van der Waals surface area contributed by atoms with Gasteiger partial charge in [0, 0.05) is 10.6 Å². The number of thiophene rings is 1. The van der Waals surface area contributed by atoms with Crippen molar-refractivity contribution in [2.75, 3.05) is 5.32 Å². The van der Waals surface area contributed by atoms with Crippen molar-refractivity contribution in [3.05, 3.63) is 51.2 Å². The zero-order chi connectivity index (χ0) is 20.5. The number of rotatable bonds is 4. The Hall–Kier alpha value is -2.35. The first kappa shape index (κ1) is 20.4. The third-order valence-corrected chi connectivity index (χ3v) is 5.88. The summed E-state index contributed by atoms with van der Waals surface area (Å²) in [5.74, 6) is -0.593. The van der Waals surface area contributed by atoms with Crippen LogP contribution >= 0.6 is 11.3 Å². The number of halogens is 3. The average Bonchev–Trinajstić information content (AvgIpc) is 3.04. The molecule has 1 aliphatic rings. The van der Waals surface area contributed by atoms with Gasteiger partial charge in [0.25, 0.3) is 5.91 Å². The molecule has 1 aromatic heterocycles. The number of amides is 1. The number of benzene rings is 1. The first-order chi connectivity index (χ1) is 13.1. The minimum absolute atomic E-state index is 0.196. The quantitative estimate of drug-likeness (QED) is 0.714. The number of nitrogens with one attached hydrogen (secondary N) is 1. The first-order valence-electron chi connectivity index (χ1n) is 8.94. The normalized spacial score (nSPS) is 17.5. The van der Waals surface area contributed by atoms with Gasteiger partial charge in [-0.3, -0.25) is 4.79 Å². The highest BCUT2D eigenvalue weighted by Gasteiger charge is 2.30. The standard InChI is InChI=1S/C20H20F3NO3S/c1-11-3-8-16-13(9-11)10-17(28-16)19(26)27-12(2)18(25)24-15-6-4-14(5-7-15)20(21,22)23/h4-7,10-12H,3,8-9H2,1-2H3,(H,24,25)/t11-,12-/m1/s1. The summed E-state index contributed by atoms with van der Waals surface area (Å²) in [5, 5.41) is 2.45. The zero-order valence-electron chi connectivity index (χ0n) is 15.4. The highest BCUT2D eigenvalue weighted by Crippen LogP contribution is 2.33. The van der Waals surface area contributed by atoms with E-state index in [2.05, 4.69) is 12.2 Å². The monoisotopic (exact) mass is 411 g/mol. The van der Waals surface area contributed by atoms with E-state index in [1.54, 1.807) is 0 Å². The third-order valence-electron chi connectivity index (χ3n) is 4.66. The fraction of sp³-hybridized carbons (Fsp3) is 0.400. The van der Waals surface area contributed by atoms with Gasteiger partial charge in [-0.1, -0.05) is 6.92 Å². The van der Waals surface area contributed by atoms with Gasteiger partial charge in [-0.25, -0.2) is 4.79 Å². The largest absolute Gasteiger partial charge is 0.448 e. The molecule has 0 aliphatic heterocycles. The summed E-state index contributed by atoms with van der Waals surface area (Å²) in [4.78, 5) is 26.2. The lowest BCUT2D eigenvalue weighted by Gasteiger charge is -2.16. The molecule has 150 valence electrons. The summed E-state index contributed by atoms with van der Waals surface area (Å²) in [5.41, 5.74) is 0.556. The second-order valence-corrected chi connectivity index (χ2v) is 8.16. The Morgan fingerprint density at radius 3 is 2.57 bits per heavy atom. The minimum Gasteiger partial charge on any atom is -0.448 e. The van der Waals surface area contributed by atoms with E-state index in [1.807, 2.05) is 6.07 Å². The van der Waals surface area contributed by atoms with Crippen molar-refractivity contribution in [3.63, 3.8) is 0 Å². The Labute approximate surface area is 164 Å². The predicted octanol–water partition coefficient (Wildman–Crippen LogP) is 5.08. The van der Waals surface area contributed by atoms with Crippen molar-refractivity contribution in [2.24, 2.45) is 5.92 Å². The average molecular weight is 411 g/mol. The van der Waals surface area contributed by atoms with Crippen LogP contribution in [0, 0.1) is 5.92 Å². The van der Waals surface area contributed by atoms with Crippen LogP contribution in [0.1, 0.15) is 45.9 Å². The fourth-order valence-corrected chi connectivity index (χ4v) is 4.16. The highest BCUT2D eigenvalue weighted by atomic mass is 32.1. The van der Waals surface area contributed by atoms with Crippen molar-refractivity contribution in [3.8, 4) is 0 Å². The fourth-order valence-electron chi connectivity index (χ4n) is 3.06. The van der Waals surface area contributed by atoms with Crippen LogP contribution in [0.2, 0.25) is 0 Å². The molecule has 2 atom stereocenters. The van der Waals surface area contributed by atoms with Crippen LogP contribution in [0.3, 0.4) is 0 Å². The van der Waals surface area contributed by atoms with E-state index in [9.17, 15) is 22.8 Å². The summed E-state index contributed by atoms with van der Waals surface area (Å²) < 4.78 is 43.0. The molecule has 0 fully saturated rings. The second kappa shape index (κ2) is 7.95. The van der Waals surface area contributed by atoms with Gasteiger partial charge >= 0.3 is 12.1 Å². The Bertz CT molecular complexity index is 874. The maximum Gasteiger partial charge on any atom is 0.416 e. The van der Waals surface area contributed by atoms with Crippen LogP contribution in [0.15, 0.2) is 30.3 Å². The van der Waals surface area contributed by atoms with Crippen LogP contribution in [-0.4, -0.2) is 18.0 Å². The summed E-state index contributed by atoms with van der Waals surface area (Å²) in [7, 11) is 0. The Kier molecular flexibility index (Phi) is 5.79. The Morgan fingerprint density at radius 1 is 1.25 bits per heavy atom. The van der Waals surface area contributed by atoms with Crippen molar-refractivity contribution in [1.82, 2.24) is 0 Å². The predicted molar refractivity (Wildman–Crippen MR) is 100 cm³/mol. The molecule has 1 N–H and O–H groups in total. The van der Waals surface area contributed by atoms with Crippen LogP contribution in [-0.2, 0) is 28.5 Å². The molecule has 1 amide bonds. The van der Waals surface area contributed by atoms with Gasteiger partial charge in [-0.2, -0.15) is 13.2 Å². The van der Waals surface area contributed by atoms with E-state index in [-0.39, 0.29) is 5.69 Å². The van der Waals surface area contributed by atoms with Gasteiger partial charge in [-0.05, 0) is 68.0 Å². The SMILES string of the molecule is C[C@@H]1CCc2sc(C(=O)O[C@H](C)C(=O)Nc3ccc(C(F)(F)F)cc3)cc2C1. The summed E-state index contributed by atoms with van der Waals surface area (Å²) in [6.07, 6.45) is -2.55. The molecule has 0 saturated heterocycles. The maximum atomic E-state index is 12.6. The molecule has 0 radical (unpaired) electrons. The lowest BCUT2D eigenvalue weighted by Crippen LogP contribution is -2.29. The number of carbonyl (C=O) groups is 2. The molecule has 1 aromatic carbocycles. The number of aryl methyl sites for hydroxylation is 1. The molecule has 0 saturated carbocycles. The molecular formula is C20H20F3NO3S. The Balaban J connectivity index is 1.59. The topological polar surface area (TPSA) is 55.4 Å². The number of ether oxygens (including phenoxy) is 1. The van der Waals surface area contributed by atoms with Crippen LogP contribution < -0.4 is 5.32 Å². The molecule has 28 heavy (non-hydrogen) atoms. The van der Waals surface area contributed by atoms with Gasteiger partial charge in [-0.15, -0.1) is 11.3 Å². The molecule has 0 unspecified atom stereocenters. The number of carbonyl (C=O) groups excluding carboxylic acids is 2. The third kappa shape index (κ3) is 4.73.